The van der Waals surface area contributed by atoms with Crippen molar-refractivity contribution in [1.29, 1.82) is 0 Å². The van der Waals surface area contributed by atoms with E-state index in [0.717, 1.165) is 42.6 Å². The molecule has 33 heavy (non-hydrogen) atoms. The number of benzene rings is 2. The lowest BCUT2D eigenvalue weighted by molar-refractivity contribution is -0.119. The van der Waals surface area contributed by atoms with Gasteiger partial charge < -0.3 is 15.1 Å². The summed E-state index contributed by atoms with van der Waals surface area (Å²) < 4.78 is 13.4. The number of anilines is 2. The Bertz CT molecular complexity index is 966. The van der Waals surface area contributed by atoms with E-state index in [1.165, 1.54) is 24.3 Å². The van der Waals surface area contributed by atoms with Crippen molar-refractivity contribution in [2.45, 2.75) is 59.0 Å². The van der Waals surface area contributed by atoms with Gasteiger partial charge in [-0.15, -0.1) is 0 Å². The quantitative estimate of drug-likeness (QED) is 0.557. The van der Waals surface area contributed by atoms with E-state index < -0.39 is 0 Å². The molecule has 1 fully saturated rings. The van der Waals surface area contributed by atoms with E-state index >= 15 is 0 Å². The highest BCUT2D eigenvalue weighted by atomic mass is 19.1. The Kier molecular flexibility index (Phi) is 8.11. The first kappa shape index (κ1) is 24.7. The van der Waals surface area contributed by atoms with Crippen LogP contribution in [0.3, 0.4) is 0 Å². The molecule has 1 N–H and O–H groups in total. The summed E-state index contributed by atoms with van der Waals surface area (Å²) in [5.41, 5.74) is 3.15. The second-order valence-electron chi connectivity index (χ2n) is 9.63. The van der Waals surface area contributed by atoms with Gasteiger partial charge in [0, 0.05) is 49.5 Å². The van der Waals surface area contributed by atoms with Crippen molar-refractivity contribution < 1.29 is 14.0 Å². The lowest BCUT2D eigenvalue weighted by Gasteiger charge is -2.33. The van der Waals surface area contributed by atoms with Crippen molar-refractivity contribution >= 4 is 23.2 Å². The van der Waals surface area contributed by atoms with Crippen LogP contribution in [0.25, 0.3) is 0 Å². The molecule has 0 bridgehead atoms. The lowest BCUT2D eigenvalue weighted by Crippen LogP contribution is -2.41. The van der Waals surface area contributed by atoms with Gasteiger partial charge in [0.25, 0.3) is 5.91 Å². The van der Waals surface area contributed by atoms with E-state index in [1.54, 1.807) is 0 Å². The predicted octanol–water partition coefficient (Wildman–Crippen LogP) is 5.71. The van der Waals surface area contributed by atoms with E-state index in [4.69, 9.17) is 0 Å². The topological polar surface area (TPSA) is 52.7 Å². The van der Waals surface area contributed by atoms with Crippen LogP contribution in [0.4, 0.5) is 15.8 Å². The Labute approximate surface area is 197 Å². The summed E-state index contributed by atoms with van der Waals surface area (Å²) >= 11 is 0. The first-order valence-electron chi connectivity index (χ1n) is 11.8. The fourth-order valence-electron chi connectivity index (χ4n) is 4.36. The van der Waals surface area contributed by atoms with Crippen LogP contribution in [-0.2, 0) is 11.3 Å². The van der Waals surface area contributed by atoms with Gasteiger partial charge in [-0.25, -0.2) is 4.39 Å². The number of rotatable bonds is 8. The molecule has 0 aromatic heterocycles. The van der Waals surface area contributed by atoms with Gasteiger partial charge in [0.1, 0.15) is 5.82 Å². The number of halogens is 1. The largest absolute Gasteiger partial charge is 0.377 e. The van der Waals surface area contributed by atoms with E-state index in [2.05, 4.69) is 19.2 Å². The van der Waals surface area contributed by atoms with Gasteiger partial charge in [0.2, 0.25) is 5.91 Å². The molecule has 1 aliphatic carbocycles. The molecule has 5 nitrogen and oxygen atoms in total. The Morgan fingerprint density at radius 2 is 1.67 bits per heavy atom. The monoisotopic (exact) mass is 453 g/mol. The van der Waals surface area contributed by atoms with Crippen molar-refractivity contribution in [2.75, 3.05) is 24.3 Å². The molecule has 6 heteroatoms. The number of hydrogen-bond donors (Lipinski definition) is 1. The molecule has 1 aliphatic rings. The fourth-order valence-corrected chi connectivity index (χ4v) is 4.36. The van der Waals surface area contributed by atoms with Crippen molar-refractivity contribution in [1.82, 2.24) is 4.90 Å². The number of nitrogens with zero attached hydrogens (tertiary/aromatic N) is 2. The van der Waals surface area contributed by atoms with Gasteiger partial charge in [-0.1, -0.05) is 26.7 Å². The molecule has 2 aromatic rings. The van der Waals surface area contributed by atoms with Crippen molar-refractivity contribution in [2.24, 2.45) is 11.8 Å². The highest BCUT2D eigenvalue weighted by Crippen LogP contribution is 2.29. The normalized spacial score (nSPS) is 14.9. The van der Waals surface area contributed by atoms with Crippen LogP contribution in [0.5, 0.6) is 0 Å². The van der Waals surface area contributed by atoms with Crippen molar-refractivity contribution in [3.8, 4) is 0 Å². The van der Waals surface area contributed by atoms with Gasteiger partial charge in [-0.05, 0) is 73.7 Å². The highest BCUT2D eigenvalue weighted by molar-refractivity contribution is 5.95. The van der Waals surface area contributed by atoms with E-state index in [1.807, 2.05) is 49.0 Å². The molecule has 3 rings (SSSR count). The van der Waals surface area contributed by atoms with E-state index in [-0.39, 0.29) is 35.5 Å². The predicted molar refractivity (Wildman–Crippen MR) is 132 cm³/mol. The third kappa shape index (κ3) is 6.12. The van der Waals surface area contributed by atoms with Crippen molar-refractivity contribution in [3.63, 3.8) is 0 Å². The molecule has 0 aliphatic heterocycles. The molecule has 0 unspecified atom stereocenters. The maximum Gasteiger partial charge on any atom is 0.254 e. The Morgan fingerprint density at radius 1 is 1.03 bits per heavy atom. The van der Waals surface area contributed by atoms with Gasteiger partial charge in [-0.2, -0.15) is 0 Å². The van der Waals surface area contributed by atoms with Crippen LogP contribution in [-0.4, -0.2) is 36.9 Å². The van der Waals surface area contributed by atoms with Gasteiger partial charge in [0.15, 0.2) is 0 Å². The zero-order valence-electron chi connectivity index (χ0n) is 20.4. The van der Waals surface area contributed by atoms with Crippen LogP contribution in [0, 0.1) is 17.7 Å². The third-order valence-electron chi connectivity index (χ3n) is 6.70. The summed E-state index contributed by atoms with van der Waals surface area (Å²) in [6.45, 7) is 6.59. The Hall–Kier alpha value is -2.89. The average molecular weight is 454 g/mol. The zero-order valence-corrected chi connectivity index (χ0v) is 20.4. The smallest absolute Gasteiger partial charge is 0.254 e. The number of amides is 2. The Balaban J connectivity index is 1.91. The van der Waals surface area contributed by atoms with Crippen molar-refractivity contribution in [3.05, 3.63) is 59.4 Å². The van der Waals surface area contributed by atoms with E-state index in [0.29, 0.717) is 12.1 Å². The Morgan fingerprint density at radius 3 is 2.24 bits per heavy atom. The third-order valence-corrected chi connectivity index (χ3v) is 6.70. The summed E-state index contributed by atoms with van der Waals surface area (Å²) in [6, 6.07) is 11.5. The summed E-state index contributed by atoms with van der Waals surface area (Å²) in [4.78, 5) is 30.0. The molecule has 2 aromatic carbocycles. The minimum atomic E-state index is -0.365. The second kappa shape index (κ2) is 10.8. The van der Waals surface area contributed by atoms with Crippen LogP contribution < -0.4 is 10.2 Å². The molecule has 2 amide bonds. The van der Waals surface area contributed by atoms with Crippen LogP contribution in [0.15, 0.2) is 42.5 Å². The molecule has 1 atom stereocenters. The molecule has 1 saturated carbocycles. The summed E-state index contributed by atoms with van der Waals surface area (Å²) in [5.74, 6) is -0.107. The minimum absolute atomic E-state index is 0.0331. The summed E-state index contributed by atoms with van der Waals surface area (Å²) in [5, 5.41) is 3.08. The standard InChI is InChI=1S/C27H36FN3O2/c1-18(2)19(3)31(27(33)21-10-12-23(28)13-11-21)17-22-16-24(14-15-25(22)30(4)5)29-26(32)20-8-6-7-9-20/h10-16,18-20H,6-9,17H2,1-5H3,(H,29,32)/t19-/m0/s1. The minimum Gasteiger partial charge on any atom is -0.377 e. The highest BCUT2D eigenvalue weighted by Gasteiger charge is 2.26. The molecule has 178 valence electrons. The summed E-state index contributed by atoms with van der Waals surface area (Å²) in [6.07, 6.45) is 4.10. The second-order valence-corrected chi connectivity index (χ2v) is 9.63. The molecule has 0 spiro atoms. The number of carbonyl (C=O) groups excluding carboxylic acids is 2. The van der Waals surface area contributed by atoms with Crippen LogP contribution in [0.1, 0.15) is 62.4 Å². The average Bonchev–Trinajstić information content (AvgIpc) is 3.32. The number of hydrogen-bond acceptors (Lipinski definition) is 3. The molecule has 0 saturated heterocycles. The fraction of sp³-hybridized carbons (Fsp3) is 0.481. The number of nitrogens with one attached hydrogen (secondary N) is 1. The van der Waals surface area contributed by atoms with Gasteiger partial charge >= 0.3 is 0 Å². The first-order valence-corrected chi connectivity index (χ1v) is 11.8. The molecular weight excluding hydrogens is 417 g/mol. The molecule has 0 radical (unpaired) electrons. The van der Waals surface area contributed by atoms with Gasteiger partial charge in [-0.3, -0.25) is 9.59 Å². The van der Waals surface area contributed by atoms with Gasteiger partial charge in [0.05, 0.1) is 0 Å². The lowest BCUT2D eigenvalue weighted by atomic mass is 10.0. The molecule has 0 heterocycles. The zero-order chi connectivity index (χ0) is 24.1. The van der Waals surface area contributed by atoms with E-state index in [9.17, 15) is 14.0 Å². The summed E-state index contributed by atoms with van der Waals surface area (Å²) in [7, 11) is 3.93. The van der Waals surface area contributed by atoms with Crippen LogP contribution in [0.2, 0.25) is 0 Å². The first-order chi connectivity index (χ1) is 15.7. The number of carbonyl (C=O) groups is 2. The maximum atomic E-state index is 13.4. The molecular formula is C27H36FN3O2. The SMILES string of the molecule is CC(C)[C@H](C)N(Cc1cc(NC(=O)C2CCCC2)ccc1N(C)C)C(=O)c1ccc(F)cc1. The van der Waals surface area contributed by atoms with Crippen LogP contribution >= 0.6 is 0 Å². The maximum absolute atomic E-state index is 13.4.